The fourth-order valence-electron chi connectivity index (χ4n) is 2.43. The van der Waals surface area contributed by atoms with E-state index in [-0.39, 0.29) is 11.2 Å². The van der Waals surface area contributed by atoms with Crippen molar-refractivity contribution in [2.75, 3.05) is 11.9 Å². The Morgan fingerprint density at radius 2 is 1.82 bits per heavy atom. The van der Waals surface area contributed by atoms with Crippen molar-refractivity contribution in [2.24, 2.45) is 5.92 Å². The van der Waals surface area contributed by atoms with Crippen LogP contribution in [0.5, 0.6) is 0 Å². The number of fused-ring (bicyclic) bond motifs is 1. The van der Waals surface area contributed by atoms with Crippen molar-refractivity contribution in [2.45, 2.75) is 37.8 Å². The average molecular weight is 253 g/mol. The van der Waals surface area contributed by atoms with E-state index in [1.807, 2.05) is 39.8 Å². The van der Waals surface area contributed by atoms with Crippen molar-refractivity contribution in [3.05, 3.63) is 23.3 Å². The average Bonchev–Trinajstić information content (AvgIpc) is 2.21. The molecule has 0 saturated heterocycles. The van der Waals surface area contributed by atoms with Crippen LogP contribution in [0.4, 0.5) is 5.69 Å². The Hall–Kier alpha value is -1.03. The van der Waals surface area contributed by atoms with Gasteiger partial charge >= 0.3 is 0 Å². The molecule has 3 nitrogen and oxygen atoms in total. The largest absolute Gasteiger partial charge is 0.382 e. The number of sulfone groups is 1. The Morgan fingerprint density at radius 3 is 2.41 bits per heavy atom. The molecule has 0 spiro atoms. The molecular weight excluding hydrogens is 234 g/mol. The molecule has 0 aromatic heterocycles. The van der Waals surface area contributed by atoms with Crippen molar-refractivity contribution in [3.63, 3.8) is 0 Å². The van der Waals surface area contributed by atoms with Crippen molar-refractivity contribution >= 4 is 15.5 Å². The van der Waals surface area contributed by atoms with Crippen LogP contribution in [0.25, 0.3) is 0 Å². The highest BCUT2D eigenvalue weighted by atomic mass is 32.2. The minimum atomic E-state index is -3.20. The van der Waals surface area contributed by atoms with Gasteiger partial charge in [-0.25, -0.2) is 8.42 Å². The molecule has 1 aromatic carbocycles. The number of aryl methyl sites for hydroxylation is 2. The van der Waals surface area contributed by atoms with Crippen LogP contribution in [-0.2, 0) is 9.84 Å². The molecule has 0 aliphatic carbocycles. The van der Waals surface area contributed by atoms with Gasteiger partial charge in [0.05, 0.1) is 15.8 Å². The Bertz CT molecular complexity index is 547. The molecule has 2 rings (SSSR count). The van der Waals surface area contributed by atoms with E-state index in [1.165, 1.54) is 0 Å². The van der Waals surface area contributed by atoms with Crippen LogP contribution in [0.2, 0.25) is 0 Å². The molecule has 94 valence electrons. The zero-order valence-corrected chi connectivity index (χ0v) is 11.6. The Labute approximate surface area is 103 Å². The van der Waals surface area contributed by atoms with Gasteiger partial charge in [0.2, 0.25) is 0 Å². The molecule has 4 heteroatoms. The van der Waals surface area contributed by atoms with Gasteiger partial charge in [0.15, 0.2) is 9.84 Å². The minimum absolute atomic E-state index is 0.126. The second-order valence-electron chi connectivity index (χ2n) is 5.11. The first kappa shape index (κ1) is 12.4. The van der Waals surface area contributed by atoms with E-state index in [4.69, 9.17) is 0 Å². The van der Waals surface area contributed by atoms with E-state index in [2.05, 4.69) is 5.32 Å². The molecule has 0 radical (unpaired) electrons. The number of hydrogen-bond acceptors (Lipinski definition) is 3. The van der Waals surface area contributed by atoms with E-state index in [0.29, 0.717) is 11.4 Å². The van der Waals surface area contributed by atoms with Gasteiger partial charge in [-0.2, -0.15) is 0 Å². The van der Waals surface area contributed by atoms with Gasteiger partial charge in [0.1, 0.15) is 0 Å². The van der Waals surface area contributed by atoms with Gasteiger partial charge in [-0.3, -0.25) is 0 Å². The quantitative estimate of drug-likeness (QED) is 0.836. The van der Waals surface area contributed by atoms with Gasteiger partial charge < -0.3 is 5.32 Å². The molecule has 1 N–H and O–H groups in total. The maximum Gasteiger partial charge on any atom is 0.185 e. The molecule has 0 saturated carbocycles. The summed E-state index contributed by atoms with van der Waals surface area (Å²) in [6, 6.07) is 3.85. The molecule has 1 atom stereocenters. The molecule has 1 aromatic rings. The molecular formula is C13H19NO2S. The number of nitrogens with one attached hydrogen (secondary N) is 1. The minimum Gasteiger partial charge on any atom is -0.382 e. The van der Waals surface area contributed by atoms with Gasteiger partial charge in [0, 0.05) is 6.54 Å². The van der Waals surface area contributed by atoms with Crippen molar-refractivity contribution in [1.82, 2.24) is 0 Å². The second-order valence-corrected chi connectivity index (χ2v) is 7.22. The number of benzene rings is 1. The first-order chi connectivity index (χ1) is 7.85. The van der Waals surface area contributed by atoms with E-state index < -0.39 is 9.84 Å². The zero-order chi connectivity index (χ0) is 12.8. The third-order valence-corrected chi connectivity index (χ3v) is 6.07. The van der Waals surface area contributed by atoms with Crippen LogP contribution in [0.1, 0.15) is 25.0 Å². The lowest BCUT2D eigenvalue weighted by molar-refractivity contribution is 0.532. The highest BCUT2D eigenvalue weighted by molar-refractivity contribution is 7.92. The fourth-order valence-corrected chi connectivity index (χ4v) is 4.79. The standard InChI is InChI=1S/C13H19NO2S/c1-8(2)11-7-14-12-9(3)5-6-10(4)13(12)17(11,15)16/h5-6,8,11,14H,7H2,1-4H3. The first-order valence-corrected chi connectivity index (χ1v) is 7.48. The zero-order valence-electron chi connectivity index (χ0n) is 10.7. The van der Waals surface area contributed by atoms with Gasteiger partial charge in [-0.15, -0.1) is 0 Å². The summed E-state index contributed by atoms with van der Waals surface area (Å²) in [6.45, 7) is 8.23. The summed E-state index contributed by atoms with van der Waals surface area (Å²) in [5, 5.41) is 2.96. The smallest absolute Gasteiger partial charge is 0.185 e. The topological polar surface area (TPSA) is 46.2 Å². The Balaban J connectivity index is 2.69. The van der Waals surface area contributed by atoms with Crippen LogP contribution in [0.15, 0.2) is 17.0 Å². The predicted molar refractivity (Wildman–Crippen MR) is 70.2 cm³/mol. The number of hydrogen-bond donors (Lipinski definition) is 1. The van der Waals surface area contributed by atoms with Crippen LogP contribution < -0.4 is 5.32 Å². The molecule has 1 aliphatic heterocycles. The molecule has 0 amide bonds. The molecule has 1 aliphatic rings. The lowest BCUT2D eigenvalue weighted by Gasteiger charge is -2.30. The van der Waals surface area contributed by atoms with E-state index in [0.717, 1.165) is 16.8 Å². The van der Waals surface area contributed by atoms with Crippen molar-refractivity contribution in [3.8, 4) is 0 Å². The summed E-state index contributed by atoms with van der Waals surface area (Å²) < 4.78 is 25.2. The molecule has 1 unspecified atom stereocenters. The molecule has 0 bridgehead atoms. The second kappa shape index (κ2) is 4.02. The lowest BCUT2D eigenvalue weighted by atomic mass is 10.1. The van der Waals surface area contributed by atoms with Crippen LogP contribution in [0, 0.1) is 19.8 Å². The van der Waals surface area contributed by atoms with Crippen molar-refractivity contribution in [1.29, 1.82) is 0 Å². The maximum atomic E-state index is 12.6. The summed E-state index contributed by atoms with van der Waals surface area (Å²) in [5.41, 5.74) is 2.63. The monoisotopic (exact) mass is 253 g/mol. The highest BCUT2D eigenvalue weighted by Crippen LogP contribution is 2.36. The summed E-state index contributed by atoms with van der Waals surface area (Å²) in [5.74, 6) is 0.126. The third kappa shape index (κ3) is 1.84. The summed E-state index contributed by atoms with van der Waals surface area (Å²) >= 11 is 0. The summed E-state index contributed by atoms with van der Waals surface area (Å²) in [7, 11) is -3.20. The predicted octanol–water partition coefficient (Wildman–Crippen LogP) is 2.53. The number of rotatable bonds is 1. The van der Waals surface area contributed by atoms with Crippen LogP contribution in [0.3, 0.4) is 0 Å². The SMILES string of the molecule is Cc1ccc(C)c2c1NCC(C(C)C)S2(=O)=O. The van der Waals surface area contributed by atoms with Gasteiger partial charge in [-0.05, 0) is 30.9 Å². The van der Waals surface area contributed by atoms with E-state index in [9.17, 15) is 8.42 Å². The molecule has 17 heavy (non-hydrogen) atoms. The molecule has 0 fully saturated rings. The highest BCUT2D eigenvalue weighted by Gasteiger charge is 2.37. The van der Waals surface area contributed by atoms with Crippen molar-refractivity contribution < 1.29 is 8.42 Å². The van der Waals surface area contributed by atoms with Gasteiger partial charge in [-0.1, -0.05) is 26.0 Å². The third-order valence-electron chi connectivity index (χ3n) is 3.47. The van der Waals surface area contributed by atoms with E-state index in [1.54, 1.807) is 0 Å². The Morgan fingerprint density at radius 1 is 1.24 bits per heavy atom. The van der Waals surface area contributed by atoms with E-state index >= 15 is 0 Å². The molecule has 1 heterocycles. The van der Waals surface area contributed by atoms with Crippen LogP contribution in [-0.4, -0.2) is 20.2 Å². The maximum absolute atomic E-state index is 12.6. The fraction of sp³-hybridized carbons (Fsp3) is 0.538. The summed E-state index contributed by atoms with van der Waals surface area (Å²) in [6.07, 6.45) is 0. The first-order valence-electron chi connectivity index (χ1n) is 5.93. The summed E-state index contributed by atoms with van der Waals surface area (Å²) in [4.78, 5) is 0.502. The lowest BCUT2D eigenvalue weighted by Crippen LogP contribution is -2.38. The Kier molecular flexibility index (Phi) is 2.94. The normalized spacial score (nSPS) is 22.1. The number of anilines is 1. The van der Waals surface area contributed by atoms with Gasteiger partial charge in [0.25, 0.3) is 0 Å². The van der Waals surface area contributed by atoms with Crippen LogP contribution >= 0.6 is 0 Å².